The Hall–Kier alpha value is -1.36. The average molecular weight is 295 g/mol. The summed E-state index contributed by atoms with van der Waals surface area (Å²) in [5.74, 6) is -0.132. The molecule has 20 heavy (non-hydrogen) atoms. The molecule has 2 rings (SSSR count). The lowest BCUT2D eigenvalue weighted by Gasteiger charge is -2.17. The predicted molar refractivity (Wildman–Crippen MR) is 78.4 cm³/mol. The Bertz CT molecular complexity index is 603. The molecule has 1 amide bonds. The van der Waals surface area contributed by atoms with Crippen molar-refractivity contribution in [1.82, 2.24) is 5.32 Å². The van der Waals surface area contributed by atoms with Crippen molar-refractivity contribution in [1.29, 1.82) is 0 Å². The second-order valence-corrected chi connectivity index (χ2v) is 8.39. The van der Waals surface area contributed by atoms with Crippen LogP contribution in [0.15, 0.2) is 29.2 Å². The van der Waals surface area contributed by atoms with Crippen molar-refractivity contribution < 1.29 is 13.2 Å². The van der Waals surface area contributed by atoms with E-state index in [2.05, 4.69) is 19.2 Å². The highest BCUT2D eigenvalue weighted by Gasteiger charge is 2.31. The van der Waals surface area contributed by atoms with Crippen molar-refractivity contribution >= 4 is 15.7 Å². The summed E-state index contributed by atoms with van der Waals surface area (Å²) in [4.78, 5) is 12.3. The van der Waals surface area contributed by atoms with Crippen LogP contribution in [0, 0.1) is 5.41 Å². The first-order valence-electron chi connectivity index (χ1n) is 6.78. The van der Waals surface area contributed by atoms with E-state index < -0.39 is 9.84 Å². The van der Waals surface area contributed by atoms with Crippen LogP contribution in [0.1, 0.15) is 43.5 Å². The van der Waals surface area contributed by atoms with Gasteiger partial charge in [-0.2, -0.15) is 0 Å². The zero-order valence-corrected chi connectivity index (χ0v) is 13.0. The number of nitrogens with one attached hydrogen (secondary N) is 1. The molecule has 1 saturated carbocycles. The number of carbonyl (C=O) groups excluding carboxylic acids is 1. The van der Waals surface area contributed by atoms with Crippen LogP contribution in [0.3, 0.4) is 0 Å². The van der Waals surface area contributed by atoms with E-state index in [1.54, 1.807) is 12.1 Å². The molecule has 5 heteroatoms. The number of carbonyl (C=O) groups is 1. The van der Waals surface area contributed by atoms with Gasteiger partial charge >= 0.3 is 0 Å². The van der Waals surface area contributed by atoms with Crippen LogP contribution < -0.4 is 5.32 Å². The van der Waals surface area contributed by atoms with Crippen molar-refractivity contribution in [2.45, 2.75) is 44.0 Å². The monoisotopic (exact) mass is 295 g/mol. The van der Waals surface area contributed by atoms with E-state index in [1.807, 2.05) is 0 Å². The summed E-state index contributed by atoms with van der Waals surface area (Å²) in [5.41, 5.74) is 0.792. The van der Waals surface area contributed by atoms with Gasteiger partial charge in [-0.3, -0.25) is 4.79 Å². The molecule has 1 unspecified atom stereocenters. The van der Waals surface area contributed by atoms with Gasteiger partial charge in [0.15, 0.2) is 9.84 Å². The second kappa shape index (κ2) is 5.20. The Morgan fingerprint density at radius 3 is 2.30 bits per heavy atom. The zero-order valence-electron chi connectivity index (χ0n) is 12.1. The lowest BCUT2D eigenvalue weighted by atomic mass is 9.92. The van der Waals surface area contributed by atoms with Crippen LogP contribution in [0.25, 0.3) is 0 Å². The molecule has 0 heterocycles. The van der Waals surface area contributed by atoms with Crippen molar-refractivity contribution in [3.8, 4) is 0 Å². The van der Waals surface area contributed by atoms with Gasteiger partial charge in [0.25, 0.3) is 5.91 Å². The summed E-state index contributed by atoms with van der Waals surface area (Å²) in [6, 6.07) is 6.29. The standard InChI is InChI=1S/C15H21NO3S/c1-15(2)9-8-12(10-15)16-14(17)11-4-6-13(7-5-11)20(3,18)19/h4-7,12H,8-10H2,1-3H3,(H,16,17). The highest BCUT2D eigenvalue weighted by atomic mass is 32.2. The van der Waals surface area contributed by atoms with Crippen LogP contribution in [0.2, 0.25) is 0 Å². The number of sulfone groups is 1. The van der Waals surface area contributed by atoms with E-state index in [4.69, 9.17) is 0 Å². The number of benzene rings is 1. The molecule has 1 aromatic rings. The van der Waals surface area contributed by atoms with Crippen LogP contribution >= 0.6 is 0 Å². The number of rotatable bonds is 3. The Balaban J connectivity index is 2.03. The first kappa shape index (κ1) is 15.0. The van der Waals surface area contributed by atoms with E-state index in [0.717, 1.165) is 25.5 Å². The number of hydrogen-bond acceptors (Lipinski definition) is 3. The van der Waals surface area contributed by atoms with Gasteiger partial charge in [-0.05, 0) is 48.9 Å². The minimum Gasteiger partial charge on any atom is -0.349 e. The summed E-state index contributed by atoms with van der Waals surface area (Å²) >= 11 is 0. The highest BCUT2D eigenvalue weighted by Crippen LogP contribution is 2.36. The minimum absolute atomic E-state index is 0.132. The highest BCUT2D eigenvalue weighted by molar-refractivity contribution is 7.90. The van der Waals surface area contributed by atoms with Gasteiger partial charge in [0.1, 0.15) is 0 Å². The quantitative estimate of drug-likeness (QED) is 0.931. The summed E-state index contributed by atoms with van der Waals surface area (Å²) in [6.45, 7) is 4.42. The van der Waals surface area contributed by atoms with Crippen molar-refractivity contribution in [3.63, 3.8) is 0 Å². The molecule has 110 valence electrons. The molecule has 4 nitrogen and oxygen atoms in total. The molecular weight excluding hydrogens is 274 g/mol. The molecule has 0 spiro atoms. The van der Waals surface area contributed by atoms with Crippen molar-refractivity contribution in [3.05, 3.63) is 29.8 Å². The van der Waals surface area contributed by atoms with Crippen molar-refractivity contribution in [2.24, 2.45) is 5.41 Å². The lowest BCUT2D eigenvalue weighted by Crippen LogP contribution is -2.33. The third-order valence-electron chi connectivity index (χ3n) is 3.85. The SMILES string of the molecule is CC1(C)CCC(NC(=O)c2ccc(S(C)(=O)=O)cc2)C1. The molecule has 0 aromatic heterocycles. The van der Waals surface area contributed by atoms with E-state index in [1.165, 1.54) is 12.1 Å². The predicted octanol–water partition coefficient (Wildman–Crippen LogP) is 2.40. The topological polar surface area (TPSA) is 63.2 Å². The molecule has 0 radical (unpaired) electrons. The minimum atomic E-state index is -3.21. The van der Waals surface area contributed by atoms with Crippen LogP contribution in [-0.4, -0.2) is 26.6 Å². The molecule has 0 aliphatic heterocycles. The molecule has 0 bridgehead atoms. The van der Waals surface area contributed by atoms with E-state index in [-0.39, 0.29) is 22.3 Å². The van der Waals surface area contributed by atoms with E-state index >= 15 is 0 Å². The van der Waals surface area contributed by atoms with Crippen molar-refractivity contribution in [2.75, 3.05) is 6.26 Å². The third-order valence-corrected chi connectivity index (χ3v) is 4.98. The van der Waals surface area contributed by atoms with Crippen LogP contribution in [0.5, 0.6) is 0 Å². The molecular formula is C15H21NO3S. The van der Waals surface area contributed by atoms with Gasteiger partial charge in [-0.25, -0.2) is 8.42 Å². The Labute approximate surface area is 120 Å². The van der Waals surface area contributed by atoms with Gasteiger partial charge in [-0.15, -0.1) is 0 Å². The fourth-order valence-corrected chi connectivity index (χ4v) is 3.31. The largest absolute Gasteiger partial charge is 0.349 e. The van der Waals surface area contributed by atoms with E-state index in [9.17, 15) is 13.2 Å². The van der Waals surface area contributed by atoms with Gasteiger partial charge in [0, 0.05) is 17.9 Å². The molecule has 1 N–H and O–H groups in total. The zero-order chi connectivity index (χ0) is 15.0. The average Bonchev–Trinajstić information content (AvgIpc) is 2.67. The maximum Gasteiger partial charge on any atom is 0.251 e. The maximum atomic E-state index is 12.1. The van der Waals surface area contributed by atoms with E-state index in [0.29, 0.717) is 5.56 Å². The molecule has 1 fully saturated rings. The van der Waals surface area contributed by atoms with Crippen LogP contribution in [-0.2, 0) is 9.84 Å². The lowest BCUT2D eigenvalue weighted by molar-refractivity contribution is 0.0936. The normalized spacial score (nSPS) is 21.6. The maximum absolute atomic E-state index is 12.1. The first-order valence-corrected chi connectivity index (χ1v) is 8.67. The fraction of sp³-hybridized carbons (Fsp3) is 0.533. The Morgan fingerprint density at radius 1 is 1.25 bits per heavy atom. The summed E-state index contributed by atoms with van der Waals surface area (Å²) < 4.78 is 22.7. The number of hydrogen-bond donors (Lipinski definition) is 1. The molecule has 1 aromatic carbocycles. The molecule has 1 atom stereocenters. The van der Waals surface area contributed by atoms with Gasteiger partial charge in [-0.1, -0.05) is 13.8 Å². The summed E-state index contributed by atoms with van der Waals surface area (Å²) in [5, 5.41) is 3.02. The molecule has 1 aliphatic rings. The third kappa shape index (κ3) is 3.60. The van der Waals surface area contributed by atoms with Gasteiger partial charge in [0.2, 0.25) is 0 Å². The Morgan fingerprint density at radius 2 is 1.85 bits per heavy atom. The fourth-order valence-electron chi connectivity index (χ4n) is 2.68. The Kier molecular flexibility index (Phi) is 3.91. The first-order chi connectivity index (χ1) is 9.17. The van der Waals surface area contributed by atoms with Gasteiger partial charge in [0.05, 0.1) is 4.90 Å². The molecule has 0 saturated heterocycles. The van der Waals surface area contributed by atoms with Crippen LogP contribution in [0.4, 0.5) is 0 Å². The second-order valence-electron chi connectivity index (χ2n) is 6.37. The number of amides is 1. The van der Waals surface area contributed by atoms with Gasteiger partial charge < -0.3 is 5.32 Å². The summed E-state index contributed by atoms with van der Waals surface area (Å²) in [7, 11) is -3.21. The molecule has 1 aliphatic carbocycles. The smallest absolute Gasteiger partial charge is 0.251 e. The summed E-state index contributed by atoms with van der Waals surface area (Å²) in [6.07, 6.45) is 4.26.